The van der Waals surface area contributed by atoms with Crippen LogP contribution in [0, 0.1) is 11.8 Å². The first-order valence-electron chi connectivity index (χ1n) is 5.98. The van der Waals surface area contributed by atoms with Crippen molar-refractivity contribution in [1.82, 2.24) is 15.8 Å². The highest BCUT2D eigenvalue weighted by atomic mass is 15.5. The summed E-state index contributed by atoms with van der Waals surface area (Å²) < 4.78 is 0. The summed E-state index contributed by atoms with van der Waals surface area (Å²) in [5, 5.41) is 5.91. The Morgan fingerprint density at radius 2 is 1.93 bits per heavy atom. The summed E-state index contributed by atoms with van der Waals surface area (Å²) in [6.07, 6.45) is 2.61. The number of nitrogens with one attached hydrogen (secondary N) is 2. The van der Waals surface area contributed by atoms with Crippen molar-refractivity contribution in [2.75, 3.05) is 26.2 Å². The van der Waals surface area contributed by atoms with E-state index in [1.807, 2.05) is 0 Å². The van der Waals surface area contributed by atoms with Gasteiger partial charge >= 0.3 is 0 Å². The van der Waals surface area contributed by atoms with Gasteiger partial charge in [-0.3, -0.25) is 5.43 Å². The minimum atomic E-state index is 0.778. The van der Waals surface area contributed by atoms with Gasteiger partial charge in [-0.05, 0) is 37.8 Å². The fraction of sp³-hybridized carbons (Fsp3) is 1.00. The summed E-state index contributed by atoms with van der Waals surface area (Å²) in [6.45, 7) is 9.48. The first-order valence-corrected chi connectivity index (χ1v) is 5.98. The Morgan fingerprint density at radius 1 is 1.21 bits per heavy atom. The molecule has 14 heavy (non-hydrogen) atoms. The summed E-state index contributed by atoms with van der Waals surface area (Å²) in [5.41, 5.74) is 3.56. The molecule has 0 saturated carbocycles. The molecule has 3 nitrogen and oxygen atoms in total. The van der Waals surface area contributed by atoms with E-state index >= 15 is 0 Å². The highest BCUT2D eigenvalue weighted by Gasteiger charge is 2.29. The summed E-state index contributed by atoms with van der Waals surface area (Å²) in [4.78, 5) is 0. The van der Waals surface area contributed by atoms with Gasteiger partial charge in [0.05, 0.1) is 0 Å². The zero-order valence-electron chi connectivity index (χ0n) is 9.42. The maximum Gasteiger partial charge on any atom is 0.0267 e. The predicted octanol–water partition coefficient (Wildman–Crippen LogP) is 0.831. The molecule has 82 valence electrons. The Balaban J connectivity index is 1.82. The van der Waals surface area contributed by atoms with E-state index in [9.17, 15) is 0 Å². The van der Waals surface area contributed by atoms with Crippen molar-refractivity contribution in [2.24, 2.45) is 11.8 Å². The Labute approximate surface area is 87.2 Å². The van der Waals surface area contributed by atoms with Crippen molar-refractivity contribution < 1.29 is 0 Å². The van der Waals surface area contributed by atoms with Gasteiger partial charge in [0, 0.05) is 19.1 Å². The molecule has 0 spiro atoms. The molecular formula is C11H23N3. The maximum atomic E-state index is 3.56. The Hall–Kier alpha value is -0.120. The third kappa shape index (κ3) is 2.27. The lowest BCUT2D eigenvalue weighted by Crippen LogP contribution is -2.46. The van der Waals surface area contributed by atoms with Gasteiger partial charge in [-0.1, -0.05) is 13.8 Å². The second-order valence-electron chi connectivity index (χ2n) is 5.00. The Morgan fingerprint density at radius 3 is 2.50 bits per heavy atom. The van der Waals surface area contributed by atoms with Crippen LogP contribution in [-0.2, 0) is 0 Å². The molecule has 2 N–H and O–H groups in total. The molecule has 2 rings (SSSR count). The minimum absolute atomic E-state index is 0.778. The fourth-order valence-corrected chi connectivity index (χ4v) is 2.46. The lowest BCUT2D eigenvalue weighted by Gasteiger charge is -2.31. The first kappa shape index (κ1) is 10.4. The van der Waals surface area contributed by atoms with Crippen LogP contribution in [0.4, 0.5) is 0 Å². The molecule has 0 amide bonds. The highest BCUT2D eigenvalue weighted by Crippen LogP contribution is 2.20. The molecular weight excluding hydrogens is 174 g/mol. The van der Waals surface area contributed by atoms with Crippen molar-refractivity contribution in [3.8, 4) is 0 Å². The maximum absolute atomic E-state index is 3.56. The molecule has 0 aromatic rings. The third-order valence-corrected chi connectivity index (χ3v) is 3.68. The van der Waals surface area contributed by atoms with Crippen molar-refractivity contribution >= 4 is 0 Å². The van der Waals surface area contributed by atoms with Gasteiger partial charge < -0.3 is 5.32 Å². The molecule has 0 bridgehead atoms. The number of hydrogen-bond acceptors (Lipinski definition) is 3. The standard InChI is InChI=1S/C11H23N3/c1-9(2)10-7-13-14(8-10)11-3-5-12-6-4-11/h9-13H,3-8H2,1-2H3. The summed E-state index contributed by atoms with van der Waals surface area (Å²) >= 11 is 0. The van der Waals surface area contributed by atoms with E-state index in [1.165, 1.54) is 39.0 Å². The van der Waals surface area contributed by atoms with Crippen LogP contribution >= 0.6 is 0 Å². The average Bonchev–Trinajstić information content (AvgIpc) is 2.68. The number of nitrogens with zero attached hydrogens (tertiary/aromatic N) is 1. The molecule has 1 atom stereocenters. The third-order valence-electron chi connectivity index (χ3n) is 3.68. The first-order chi connectivity index (χ1) is 6.77. The van der Waals surface area contributed by atoms with Crippen LogP contribution in [0.25, 0.3) is 0 Å². The van der Waals surface area contributed by atoms with Crippen LogP contribution in [-0.4, -0.2) is 37.2 Å². The van der Waals surface area contributed by atoms with Gasteiger partial charge in [0.2, 0.25) is 0 Å². The zero-order valence-corrected chi connectivity index (χ0v) is 9.42. The predicted molar refractivity (Wildman–Crippen MR) is 58.9 cm³/mol. The van der Waals surface area contributed by atoms with Gasteiger partial charge in [-0.25, -0.2) is 5.01 Å². The van der Waals surface area contributed by atoms with Crippen molar-refractivity contribution in [1.29, 1.82) is 0 Å². The van der Waals surface area contributed by atoms with E-state index in [2.05, 4.69) is 29.6 Å². The summed E-state index contributed by atoms with van der Waals surface area (Å²) in [5.74, 6) is 1.67. The topological polar surface area (TPSA) is 27.3 Å². The van der Waals surface area contributed by atoms with E-state index in [-0.39, 0.29) is 0 Å². The van der Waals surface area contributed by atoms with E-state index < -0.39 is 0 Å². The molecule has 2 heterocycles. The van der Waals surface area contributed by atoms with E-state index in [0.29, 0.717) is 0 Å². The molecule has 0 aromatic heterocycles. The van der Waals surface area contributed by atoms with Gasteiger partial charge in [0.1, 0.15) is 0 Å². The number of piperidine rings is 1. The van der Waals surface area contributed by atoms with Crippen molar-refractivity contribution in [3.05, 3.63) is 0 Å². The summed E-state index contributed by atoms with van der Waals surface area (Å²) in [7, 11) is 0. The quantitative estimate of drug-likeness (QED) is 0.686. The van der Waals surface area contributed by atoms with E-state index in [4.69, 9.17) is 0 Å². The van der Waals surface area contributed by atoms with Crippen molar-refractivity contribution in [2.45, 2.75) is 32.7 Å². The van der Waals surface area contributed by atoms with E-state index in [0.717, 1.165) is 17.9 Å². The van der Waals surface area contributed by atoms with Crippen LogP contribution in [0.15, 0.2) is 0 Å². The molecule has 0 aliphatic carbocycles. The molecule has 0 radical (unpaired) electrons. The van der Waals surface area contributed by atoms with Crippen LogP contribution in [0.3, 0.4) is 0 Å². The molecule has 2 fully saturated rings. The van der Waals surface area contributed by atoms with Gasteiger partial charge in [0.25, 0.3) is 0 Å². The smallest absolute Gasteiger partial charge is 0.0267 e. The van der Waals surface area contributed by atoms with Crippen LogP contribution in [0.2, 0.25) is 0 Å². The lowest BCUT2D eigenvalue weighted by atomic mass is 9.96. The minimum Gasteiger partial charge on any atom is -0.317 e. The zero-order chi connectivity index (χ0) is 9.97. The monoisotopic (exact) mass is 197 g/mol. The second-order valence-corrected chi connectivity index (χ2v) is 5.00. The van der Waals surface area contributed by atoms with Gasteiger partial charge in [-0.2, -0.15) is 0 Å². The molecule has 2 saturated heterocycles. The molecule has 1 unspecified atom stereocenters. The highest BCUT2D eigenvalue weighted by molar-refractivity contribution is 4.83. The fourth-order valence-electron chi connectivity index (χ4n) is 2.46. The Bertz CT molecular complexity index is 175. The normalized spacial score (nSPS) is 31.5. The molecule has 2 aliphatic heterocycles. The lowest BCUT2D eigenvalue weighted by molar-refractivity contribution is 0.137. The molecule has 0 aromatic carbocycles. The van der Waals surface area contributed by atoms with Crippen LogP contribution in [0.5, 0.6) is 0 Å². The second kappa shape index (κ2) is 4.60. The van der Waals surface area contributed by atoms with E-state index in [1.54, 1.807) is 0 Å². The molecule has 2 aliphatic rings. The number of hydrogen-bond donors (Lipinski definition) is 2. The van der Waals surface area contributed by atoms with Gasteiger partial charge in [0.15, 0.2) is 0 Å². The number of hydrazine groups is 1. The largest absolute Gasteiger partial charge is 0.317 e. The number of rotatable bonds is 2. The van der Waals surface area contributed by atoms with Crippen LogP contribution in [0.1, 0.15) is 26.7 Å². The van der Waals surface area contributed by atoms with Gasteiger partial charge in [-0.15, -0.1) is 0 Å². The average molecular weight is 197 g/mol. The summed E-state index contributed by atoms with van der Waals surface area (Å²) in [6, 6.07) is 0.778. The van der Waals surface area contributed by atoms with Crippen molar-refractivity contribution in [3.63, 3.8) is 0 Å². The van der Waals surface area contributed by atoms with Crippen LogP contribution < -0.4 is 10.7 Å². The Kier molecular flexibility index (Phi) is 3.42. The molecule has 3 heteroatoms. The SMILES string of the molecule is CC(C)C1CNN(C2CCNCC2)C1.